The minimum atomic E-state index is -4.77. The second-order valence-electron chi connectivity index (χ2n) is 2.79. The van der Waals surface area contributed by atoms with Gasteiger partial charge in [0.25, 0.3) is 0 Å². The van der Waals surface area contributed by atoms with Crippen molar-refractivity contribution < 1.29 is 23.0 Å². The highest BCUT2D eigenvalue weighted by Gasteiger charge is 2.32. The zero-order valence-corrected chi connectivity index (χ0v) is 10.0. The smallest absolute Gasteiger partial charge is 0.403 e. The Hall–Kier alpha value is -0.610. The van der Waals surface area contributed by atoms with Gasteiger partial charge in [-0.15, -0.1) is 13.2 Å². The first kappa shape index (κ1) is 13.5. The van der Waals surface area contributed by atoms with Crippen molar-refractivity contribution in [3.63, 3.8) is 0 Å². The number of nitrogens with zero attached hydrogens (tertiary/aromatic N) is 1. The number of aromatic nitrogens is 1. The average Bonchev–Trinajstić information content (AvgIpc) is 2.18. The molecule has 0 radical (unpaired) electrons. The van der Waals surface area contributed by atoms with E-state index >= 15 is 0 Å². The normalized spacial score (nSPS) is 11.6. The quantitative estimate of drug-likeness (QED) is 0.642. The third-order valence-corrected chi connectivity index (χ3v) is 2.48. The second-order valence-corrected chi connectivity index (χ2v) is 3.81. The summed E-state index contributed by atoms with van der Waals surface area (Å²) in [6.45, 7) is -0.400. The maximum Gasteiger partial charge on any atom is 0.573 e. The topological polar surface area (TPSA) is 68.4 Å². The lowest BCUT2D eigenvalue weighted by Crippen LogP contribution is -2.19. The number of hydrogen-bond acceptors (Lipinski definition) is 4. The lowest BCUT2D eigenvalue weighted by Gasteiger charge is -2.13. The summed E-state index contributed by atoms with van der Waals surface area (Å²) in [6.07, 6.45) is -4.77. The van der Waals surface area contributed by atoms with Crippen molar-refractivity contribution in [1.29, 1.82) is 0 Å². The Morgan fingerprint density at radius 1 is 1.50 bits per heavy atom. The highest BCUT2D eigenvalue weighted by molar-refractivity contribution is 14.1. The molecular weight excluding hydrogens is 340 g/mol. The van der Waals surface area contributed by atoms with Crippen LogP contribution >= 0.6 is 22.6 Å². The van der Waals surface area contributed by atoms with Gasteiger partial charge in [-0.05, 0) is 34.2 Å². The molecule has 4 nitrogen and oxygen atoms in total. The molecule has 16 heavy (non-hydrogen) atoms. The summed E-state index contributed by atoms with van der Waals surface area (Å²) in [5.74, 6) is -0.411. The van der Waals surface area contributed by atoms with Crippen LogP contribution in [0.2, 0.25) is 0 Å². The van der Waals surface area contributed by atoms with Crippen LogP contribution in [0.25, 0.3) is 0 Å². The lowest BCUT2D eigenvalue weighted by atomic mass is 10.2. The molecule has 0 aliphatic carbocycles. The summed E-state index contributed by atoms with van der Waals surface area (Å²) in [4.78, 5) is 3.78. The van der Waals surface area contributed by atoms with Crippen LogP contribution in [0.3, 0.4) is 0 Å². The fraction of sp³-hybridized carbons (Fsp3) is 0.375. The Labute approximate surface area is 103 Å². The number of rotatable bonds is 3. The molecule has 1 rings (SSSR count). The fourth-order valence-corrected chi connectivity index (χ4v) is 1.61. The molecule has 1 aromatic heterocycles. The summed E-state index contributed by atoms with van der Waals surface area (Å²) >= 11 is 1.59. The van der Waals surface area contributed by atoms with Crippen molar-refractivity contribution in [2.75, 3.05) is 0 Å². The molecule has 0 aromatic carbocycles. The molecule has 0 saturated carbocycles. The van der Waals surface area contributed by atoms with Crippen LogP contribution in [0.15, 0.2) is 6.07 Å². The van der Waals surface area contributed by atoms with E-state index < -0.39 is 12.1 Å². The van der Waals surface area contributed by atoms with Crippen LogP contribution in [0.4, 0.5) is 13.2 Å². The molecule has 0 fully saturated rings. The third kappa shape index (κ3) is 3.46. The number of hydrogen-bond donors (Lipinski definition) is 2. The first-order chi connectivity index (χ1) is 7.37. The minimum Gasteiger partial charge on any atom is -0.403 e. The molecule has 1 aromatic rings. The second kappa shape index (κ2) is 5.15. The minimum absolute atomic E-state index is 0.0198. The Balaban J connectivity index is 3.11. The number of alkyl halides is 3. The van der Waals surface area contributed by atoms with Gasteiger partial charge in [-0.3, -0.25) is 0 Å². The zero-order chi connectivity index (χ0) is 12.3. The first-order valence-electron chi connectivity index (χ1n) is 4.12. The van der Waals surface area contributed by atoms with Gasteiger partial charge in [-0.1, -0.05) is 0 Å². The van der Waals surface area contributed by atoms with Crippen LogP contribution in [-0.2, 0) is 13.2 Å². The monoisotopic (exact) mass is 348 g/mol. The summed E-state index contributed by atoms with van der Waals surface area (Å²) in [5.41, 5.74) is 5.89. The van der Waals surface area contributed by atoms with E-state index in [1.807, 2.05) is 0 Å². The Bertz CT molecular complexity index is 384. The van der Waals surface area contributed by atoms with Gasteiger partial charge < -0.3 is 15.6 Å². The van der Waals surface area contributed by atoms with E-state index in [2.05, 4.69) is 9.72 Å². The summed E-state index contributed by atoms with van der Waals surface area (Å²) in [6, 6.07) is 1.13. The Morgan fingerprint density at radius 2 is 2.12 bits per heavy atom. The summed E-state index contributed by atoms with van der Waals surface area (Å²) in [5, 5.41) is 8.91. The number of pyridine rings is 1. The lowest BCUT2D eigenvalue weighted by molar-refractivity contribution is -0.275. The number of aliphatic hydroxyl groups excluding tert-OH is 1. The maximum absolute atomic E-state index is 12.0. The number of aliphatic hydroxyl groups is 1. The van der Waals surface area contributed by atoms with Gasteiger partial charge in [0.2, 0.25) is 0 Å². The van der Waals surface area contributed by atoms with Gasteiger partial charge >= 0.3 is 6.36 Å². The van der Waals surface area contributed by atoms with Crippen molar-refractivity contribution in [1.82, 2.24) is 4.98 Å². The average molecular weight is 348 g/mol. The third-order valence-electron chi connectivity index (χ3n) is 1.71. The number of halogens is 4. The van der Waals surface area contributed by atoms with Crippen LogP contribution in [-0.4, -0.2) is 16.5 Å². The maximum atomic E-state index is 12.0. The van der Waals surface area contributed by atoms with Gasteiger partial charge in [0.1, 0.15) is 3.70 Å². The van der Waals surface area contributed by atoms with E-state index in [4.69, 9.17) is 10.8 Å². The van der Waals surface area contributed by atoms with Gasteiger partial charge in [-0.2, -0.15) is 0 Å². The summed E-state index contributed by atoms with van der Waals surface area (Å²) < 4.78 is 39.8. The van der Waals surface area contributed by atoms with E-state index in [0.717, 1.165) is 6.07 Å². The SMILES string of the molecule is NCc1cc(OC(F)(F)F)c(I)nc1CO. The van der Waals surface area contributed by atoms with Gasteiger partial charge in [0.15, 0.2) is 5.75 Å². The van der Waals surface area contributed by atoms with Crippen molar-refractivity contribution >= 4 is 22.6 Å². The molecule has 0 saturated heterocycles. The molecular formula is C8H8F3IN2O2. The van der Waals surface area contributed by atoms with E-state index in [-0.39, 0.29) is 22.5 Å². The van der Waals surface area contributed by atoms with E-state index in [1.54, 1.807) is 22.6 Å². The Kier molecular flexibility index (Phi) is 4.33. The molecule has 3 N–H and O–H groups in total. The predicted octanol–water partition coefficient (Wildman–Crippen LogP) is 1.54. The molecule has 0 unspecified atom stereocenters. The zero-order valence-electron chi connectivity index (χ0n) is 7.88. The Morgan fingerprint density at radius 3 is 2.56 bits per heavy atom. The van der Waals surface area contributed by atoms with Crippen LogP contribution in [0.5, 0.6) is 5.75 Å². The first-order valence-corrected chi connectivity index (χ1v) is 5.20. The molecule has 0 spiro atoms. The molecule has 0 aliphatic heterocycles. The molecule has 90 valence electrons. The standard InChI is InChI=1S/C8H8F3IN2O2/c9-8(10,11)16-6-1-4(2-13)5(3-15)14-7(6)12/h1,15H,2-3,13H2. The van der Waals surface area contributed by atoms with Crippen LogP contribution < -0.4 is 10.5 Å². The van der Waals surface area contributed by atoms with E-state index in [1.165, 1.54) is 0 Å². The molecule has 0 amide bonds. The fourth-order valence-electron chi connectivity index (χ4n) is 1.06. The predicted molar refractivity (Wildman–Crippen MR) is 57.5 cm³/mol. The summed E-state index contributed by atoms with van der Waals surface area (Å²) in [7, 11) is 0. The van der Waals surface area contributed by atoms with Crippen molar-refractivity contribution in [3.05, 3.63) is 21.0 Å². The highest BCUT2D eigenvalue weighted by Crippen LogP contribution is 2.28. The highest BCUT2D eigenvalue weighted by atomic mass is 127. The molecule has 0 bridgehead atoms. The molecule has 1 heterocycles. The van der Waals surface area contributed by atoms with Gasteiger partial charge in [-0.25, -0.2) is 4.98 Å². The van der Waals surface area contributed by atoms with Crippen molar-refractivity contribution in [2.24, 2.45) is 5.73 Å². The molecule has 0 aliphatic rings. The van der Waals surface area contributed by atoms with Crippen LogP contribution in [0.1, 0.15) is 11.3 Å². The largest absolute Gasteiger partial charge is 0.573 e. The van der Waals surface area contributed by atoms with Crippen molar-refractivity contribution in [3.8, 4) is 5.75 Å². The molecule has 8 heteroatoms. The van der Waals surface area contributed by atoms with Gasteiger partial charge in [0, 0.05) is 6.54 Å². The molecule has 0 atom stereocenters. The van der Waals surface area contributed by atoms with Gasteiger partial charge in [0.05, 0.1) is 12.3 Å². The number of nitrogens with two attached hydrogens (primary N) is 1. The van der Waals surface area contributed by atoms with E-state index in [0.29, 0.717) is 5.56 Å². The van der Waals surface area contributed by atoms with Crippen molar-refractivity contribution in [2.45, 2.75) is 19.5 Å². The number of ether oxygens (including phenoxy) is 1. The van der Waals surface area contributed by atoms with E-state index in [9.17, 15) is 13.2 Å². The van der Waals surface area contributed by atoms with Crippen LogP contribution in [0, 0.1) is 3.70 Å².